The molecular formula is C8H15O5P. The van der Waals surface area contributed by atoms with Gasteiger partial charge in [0.1, 0.15) is 0 Å². The van der Waals surface area contributed by atoms with Crippen LogP contribution >= 0.6 is 7.60 Å². The molecular weight excluding hydrogens is 207 g/mol. The van der Waals surface area contributed by atoms with Gasteiger partial charge in [0.2, 0.25) is 0 Å². The molecule has 0 aliphatic heterocycles. The highest BCUT2D eigenvalue weighted by Crippen LogP contribution is 2.53. The van der Waals surface area contributed by atoms with Gasteiger partial charge in [-0.05, 0) is 13.8 Å². The maximum atomic E-state index is 11.9. The average Bonchev–Trinajstić information content (AvgIpc) is 2.04. The van der Waals surface area contributed by atoms with Crippen LogP contribution in [0.2, 0.25) is 0 Å². The van der Waals surface area contributed by atoms with Crippen LogP contribution in [-0.2, 0) is 18.4 Å². The Morgan fingerprint density at radius 2 is 1.93 bits per heavy atom. The number of rotatable bonds is 7. The number of aliphatic carboxylic acids is 1. The van der Waals surface area contributed by atoms with Gasteiger partial charge in [0.05, 0.1) is 13.2 Å². The molecule has 0 bridgehead atoms. The van der Waals surface area contributed by atoms with Crippen LogP contribution in [0, 0.1) is 0 Å². The predicted molar refractivity (Wildman–Crippen MR) is 52.5 cm³/mol. The Hall–Kier alpha value is -0.640. The van der Waals surface area contributed by atoms with Crippen molar-refractivity contribution >= 4 is 13.6 Å². The van der Waals surface area contributed by atoms with Crippen molar-refractivity contribution in [2.24, 2.45) is 0 Å². The Labute approximate surface area is 83.3 Å². The van der Waals surface area contributed by atoms with Crippen LogP contribution in [0.15, 0.2) is 12.7 Å². The minimum Gasteiger partial charge on any atom is -0.480 e. The van der Waals surface area contributed by atoms with Gasteiger partial charge in [-0.15, -0.1) is 6.58 Å². The lowest BCUT2D eigenvalue weighted by molar-refractivity contribution is -0.136. The van der Waals surface area contributed by atoms with Crippen molar-refractivity contribution < 1.29 is 23.5 Å². The molecule has 5 nitrogen and oxygen atoms in total. The zero-order valence-corrected chi connectivity index (χ0v) is 9.20. The largest absolute Gasteiger partial charge is 0.480 e. The molecule has 1 atom stereocenters. The lowest BCUT2D eigenvalue weighted by Crippen LogP contribution is -2.20. The molecule has 0 saturated heterocycles. The Morgan fingerprint density at radius 3 is 2.14 bits per heavy atom. The zero-order chi connectivity index (χ0) is 11.2. The van der Waals surface area contributed by atoms with Crippen molar-refractivity contribution in [1.82, 2.24) is 0 Å². The van der Waals surface area contributed by atoms with E-state index in [-0.39, 0.29) is 13.2 Å². The molecule has 0 aromatic heterocycles. The second kappa shape index (κ2) is 5.96. The van der Waals surface area contributed by atoms with Gasteiger partial charge < -0.3 is 14.2 Å². The smallest absolute Gasteiger partial charge is 0.348 e. The summed E-state index contributed by atoms with van der Waals surface area (Å²) in [6.45, 7) is 6.80. The minimum atomic E-state index is -3.60. The van der Waals surface area contributed by atoms with Gasteiger partial charge in [0.15, 0.2) is 5.66 Å². The summed E-state index contributed by atoms with van der Waals surface area (Å²) in [7, 11) is -3.60. The van der Waals surface area contributed by atoms with Crippen LogP contribution < -0.4 is 0 Å². The van der Waals surface area contributed by atoms with E-state index < -0.39 is 19.2 Å². The summed E-state index contributed by atoms with van der Waals surface area (Å²) in [5.41, 5.74) is -1.30. The summed E-state index contributed by atoms with van der Waals surface area (Å²) >= 11 is 0. The lowest BCUT2D eigenvalue weighted by Gasteiger charge is -2.20. The maximum absolute atomic E-state index is 11.9. The highest BCUT2D eigenvalue weighted by Gasteiger charge is 2.38. The molecule has 0 aliphatic rings. The van der Waals surface area contributed by atoms with E-state index in [4.69, 9.17) is 14.2 Å². The number of carboxylic acids is 1. The fourth-order valence-corrected chi connectivity index (χ4v) is 2.57. The number of carbonyl (C=O) groups is 1. The Morgan fingerprint density at radius 1 is 1.50 bits per heavy atom. The first-order valence-corrected chi connectivity index (χ1v) is 5.87. The van der Waals surface area contributed by atoms with Gasteiger partial charge in [-0.1, -0.05) is 6.08 Å². The number of hydrogen-bond acceptors (Lipinski definition) is 4. The first kappa shape index (κ1) is 13.4. The molecule has 14 heavy (non-hydrogen) atoms. The van der Waals surface area contributed by atoms with Crippen molar-refractivity contribution in [2.75, 3.05) is 13.2 Å². The highest BCUT2D eigenvalue weighted by atomic mass is 31.2. The van der Waals surface area contributed by atoms with Gasteiger partial charge in [0, 0.05) is 0 Å². The minimum absolute atomic E-state index is 0.134. The molecule has 0 amide bonds. The molecule has 6 heteroatoms. The lowest BCUT2D eigenvalue weighted by atomic mass is 10.4. The molecule has 0 aliphatic carbocycles. The number of carboxylic acid groups (broad SMARTS) is 1. The molecule has 0 saturated carbocycles. The van der Waals surface area contributed by atoms with E-state index in [0.29, 0.717) is 0 Å². The molecule has 0 rings (SSSR count). The molecule has 0 heterocycles. The molecule has 0 spiro atoms. The van der Waals surface area contributed by atoms with E-state index in [1.807, 2.05) is 0 Å². The summed E-state index contributed by atoms with van der Waals surface area (Å²) in [5.74, 6) is -1.26. The third-order valence-corrected chi connectivity index (χ3v) is 3.78. The van der Waals surface area contributed by atoms with E-state index in [1.54, 1.807) is 13.8 Å². The van der Waals surface area contributed by atoms with Gasteiger partial charge in [-0.3, -0.25) is 9.36 Å². The van der Waals surface area contributed by atoms with Crippen LogP contribution in [0.1, 0.15) is 13.8 Å². The third kappa shape index (κ3) is 3.25. The summed E-state index contributed by atoms with van der Waals surface area (Å²) in [6.07, 6.45) is 1.06. The van der Waals surface area contributed by atoms with Crippen molar-refractivity contribution in [3.05, 3.63) is 12.7 Å². The van der Waals surface area contributed by atoms with E-state index >= 15 is 0 Å². The van der Waals surface area contributed by atoms with E-state index in [2.05, 4.69) is 6.58 Å². The monoisotopic (exact) mass is 222 g/mol. The first-order valence-electron chi connectivity index (χ1n) is 4.26. The van der Waals surface area contributed by atoms with Gasteiger partial charge in [-0.25, -0.2) is 0 Å². The van der Waals surface area contributed by atoms with Crippen molar-refractivity contribution in [3.8, 4) is 0 Å². The highest BCUT2D eigenvalue weighted by molar-refractivity contribution is 7.56. The predicted octanol–water partition coefficient (Wildman–Crippen LogP) is 1.89. The average molecular weight is 222 g/mol. The normalized spacial score (nSPS) is 13.6. The molecule has 0 radical (unpaired) electrons. The summed E-state index contributed by atoms with van der Waals surface area (Å²) in [6, 6.07) is 0. The van der Waals surface area contributed by atoms with Gasteiger partial charge >= 0.3 is 13.6 Å². The zero-order valence-electron chi connectivity index (χ0n) is 8.30. The van der Waals surface area contributed by atoms with Crippen LogP contribution in [0.25, 0.3) is 0 Å². The summed E-state index contributed by atoms with van der Waals surface area (Å²) < 4.78 is 21.6. The van der Waals surface area contributed by atoms with Crippen LogP contribution in [-0.4, -0.2) is 29.9 Å². The molecule has 1 N–H and O–H groups in total. The second-order valence-electron chi connectivity index (χ2n) is 2.39. The fourth-order valence-electron chi connectivity index (χ4n) is 0.923. The molecule has 1 unspecified atom stereocenters. The van der Waals surface area contributed by atoms with Crippen LogP contribution in [0.3, 0.4) is 0 Å². The molecule has 82 valence electrons. The quantitative estimate of drug-likeness (QED) is 0.526. The van der Waals surface area contributed by atoms with E-state index in [0.717, 1.165) is 6.08 Å². The fraction of sp³-hybridized carbons (Fsp3) is 0.625. The summed E-state index contributed by atoms with van der Waals surface area (Å²) in [4.78, 5) is 10.7. The van der Waals surface area contributed by atoms with Crippen LogP contribution in [0.4, 0.5) is 0 Å². The second-order valence-corrected chi connectivity index (χ2v) is 4.55. The van der Waals surface area contributed by atoms with Gasteiger partial charge in [-0.2, -0.15) is 0 Å². The van der Waals surface area contributed by atoms with Crippen LogP contribution in [0.5, 0.6) is 0 Å². The standard InChI is InChI=1S/C8H15O5P/c1-4-7(8(9)10)14(11,12-5-2)13-6-3/h4,7H,1,5-6H2,2-3H3,(H,9,10). The topological polar surface area (TPSA) is 72.8 Å². The molecule has 0 fully saturated rings. The number of hydrogen-bond donors (Lipinski definition) is 1. The Balaban J connectivity index is 4.85. The van der Waals surface area contributed by atoms with Gasteiger partial charge in [0.25, 0.3) is 0 Å². The molecule has 0 aromatic rings. The first-order chi connectivity index (χ1) is 6.51. The SMILES string of the molecule is C=CC(C(=O)O)P(=O)(OCC)OCC. The third-order valence-electron chi connectivity index (χ3n) is 1.44. The van der Waals surface area contributed by atoms with Crippen molar-refractivity contribution in [2.45, 2.75) is 19.5 Å². The van der Waals surface area contributed by atoms with E-state index in [1.165, 1.54) is 0 Å². The summed E-state index contributed by atoms with van der Waals surface area (Å²) in [5, 5.41) is 8.76. The Bertz CT molecular complexity index is 240. The Kier molecular flexibility index (Phi) is 5.69. The van der Waals surface area contributed by atoms with Crippen molar-refractivity contribution in [3.63, 3.8) is 0 Å². The molecule has 0 aromatic carbocycles. The maximum Gasteiger partial charge on any atom is 0.348 e. The van der Waals surface area contributed by atoms with E-state index in [9.17, 15) is 9.36 Å². The van der Waals surface area contributed by atoms with Crippen molar-refractivity contribution in [1.29, 1.82) is 0 Å².